The van der Waals surface area contributed by atoms with Crippen LogP contribution in [0.15, 0.2) is 60.0 Å². The molecule has 0 bridgehead atoms. The molecule has 1 N–H and O–H groups in total. The van der Waals surface area contributed by atoms with Gasteiger partial charge in [-0.1, -0.05) is 47.5 Å². The second kappa shape index (κ2) is 8.35. The van der Waals surface area contributed by atoms with E-state index >= 15 is 0 Å². The number of rotatable bonds is 6. The van der Waals surface area contributed by atoms with E-state index in [1.165, 1.54) is 11.3 Å². The summed E-state index contributed by atoms with van der Waals surface area (Å²) in [6.45, 7) is 1.10. The van der Waals surface area contributed by atoms with Gasteiger partial charge in [0, 0.05) is 23.0 Å². The molecule has 1 amide bonds. The van der Waals surface area contributed by atoms with Crippen LogP contribution in [0, 0.1) is 0 Å². The number of hydrogen-bond acceptors (Lipinski definition) is 3. The molecule has 0 unspecified atom stereocenters. The minimum absolute atomic E-state index is 0.0570. The molecule has 2 heterocycles. The minimum atomic E-state index is -0.0570. The van der Waals surface area contributed by atoms with Gasteiger partial charge in [-0.15, -0.1) is 11.3 Å². The van der Waals surface area contributed by atoms with E-state index in [9.17, 15) is 4.79 Å². The lowest BCUT2D eigenvalue weighted by Crippen LogP contribution is -2.25. The summed E-state index contributed by atoms with van der Waals surface area (Å²) >= 11 is 13.8. The van der Waals surface area contributed by atoms with Crippen molar-refractivity contribution in [3.8, 4) is 0 Å². The number of carbonyl (C=O) groups excluding carboxylic acids is 1. The fourth-order valence-corrected chi connectivity index (χ4v) is 4.20. The summed E-state index contributed by atoms with van der Waals surface area (Å²) in [6, 6.07) is 17.2. The summed E-state index contributed by atoms with van der Waals surface area (Å²) in [4.78, 5) is 17.6. The average molecular weight is 430 g/mol. The van der Waals surface area contributed by atoms with Crippen LogP contribution in [-0.4, -0.2) is 22.0 Å². The number of imidazole rings is 1. The molecule has 0 aliphatic rings. The average Bonchev–Trinajstić information content (AvgIpc) is 3.33. The lowest BCUT2D eigenvalue weighted by atomic mass is 10.2. The Balaban J connectivity index is 1.57. The Kier molecular flexibility index (Phi) is 5.67. The number of halogens is 2. The Morgan fingerprint density at radius 1 is 1.11 bits per heavy atom. The van der Waals surface area contributed by atoms with Crippen molar-refractivity contribution in [1.82, 2.24) is 14.9 Å². The molecular formula is C21H17Cl2N3OS. The zero-order valence-corrected chi connectivity index (χ0v) is 17.2. The molecule has 0 aliphatic heterocycles. The van der Waals surface area contributed by atoms with Gasteiger partial charge in [-0.25, -0.2) is 4.98 Å². The highest BCUT2D eigenvalue weighted by Crippen LogP contribution is 2.24. The third-order valence-corrected chi connectivity index (χ3v) is 5.91. The molecule has 0 radical (unpaired) electrons. The third kappa shape index (κ3) is 4.07. The number of nitrogens with one attached hydrogen (secondary N) is 1. The molecule has 0 saturated heterocycles. The van der Waals surface area contributed by atoms with Gasteiger partial charge in [-0.3, -0.25) is 4.79 Å². The fourth-order valence-electron chi connectivity index (χ4n) is 3.10. The summed E-state index contributed by atoms with van der Waals surface area (Å²) in [7, 11) is 0. The van der Waals surface area contributed by atoms with Gasteiger partial charge >= 0.3 is 0 Å². The number of carbonyl (C=O) groups is 1. The van der Waals surface area contributed by atoms with Crippen LogP contribution in [0.5, 0.6) is 0 Å². The Bertz CT molecular complexity index is 1120. The first kappa shape index (κ1) is 19.0. The van der Waals surface area contributed by atoms with E-state index < -0.39 is 0 Å². The van der Waals surface area contributed by atoms with Crippen LogP contribution < -0.4 is 5.32 Å². The second-order valence-electron chi connectivity index (χ2n) is 6.32. The molecule has 2 aromatic heterocycles. The number of para-hydroxylation sites is 2. The molecule has 2 aromatic carbocycles. The molecule has 7 heteroatoms. The van der Waals surface area contributed by atoms with Gasteiger partial charge in [0.2, 0.25) is 0 Å². The van der Waals surface area contributed by atoms with E-state index in [0.717, 1.165) is 22.4 Å². The largest absolute Gasteiger partial charge is 0.351 e. The number of amides is 1. The van der Waals surface area contributed by atoms with Crippen LogP contribution in [-0.2, 0) is 13.0 Å². The van der Waals surface area contributed by atoms with Crippen molar-refractivity contribution in [3.63, 3.8) is 0 Å². The summed E-state index contributed by atoms with van der Waals surface area (Å²) in [5.41, 5.74) is 2.93. The first-order valence-corrected chi connectivity index (χ1v) is 10.4. The summed E-state index contributed by atoms with van der Waals surface area (Å²) < 4.78 is 2.14. The number of aromatic nitrogens is 2. The monoisotopic (exact) mass is 429 g/mol. The van der Waals surface area contributed by atoms with Gasteiger partial charge in [0.15, 0.2) is 0 Å². The topological polar surface area (TPSA) is 46.9 Å². The van der Waals surface area contributed by atoms with E-state index in [1.54, 1.807) is 6.07 Å². The quantitative estimate of drug-likeness (QED) is 0.444. The lowest BCUT2D eigenvalue weighted by molar-refractivity contribution is 0.0958. The Morgan fingerprint density at radius 2 is 1.96 bits per heavy atom. The van der Waals surface area contributed by atoms with Gasteiger partial charge in [-0.2, -0.15) is 0 Å². The zero-order chi connectivity index (χ0) is 19.5. The van der Waals surface area contributed by atoms with Gasteiger partial charge < -0.3 is 9.88 Å². The lowest BCUT2D eigenvalue weighted by Gasteiger charge is -2.11. The smallest absolute Gasteiger partial charge is 0.261 e. The molecular weight excluding hydrogens is 413 g/mol. The van der Waals surface area contributed by atoms with Crippen LogP contribution in [0.25, 0.3) is 11.0 Å². The molecule has 4 nitrogen and oxygen atoms in total. The number of benzene rings is 2. The van der Waals surface area contributed by atoms with Crippen LogP contribution in [0.4, 0.5) is 0 Å². The molecule has 4 aromatic rings. The van der Waals surface area contributed by atoms with Crippen LogP contribution in [0.1, 0.15) is 21.1 Å². The summed E-state index contributed by atoms with van der Waals surface area (Å²) in [6.07, 6.45) is 0.622. The van der Waals surface area contributed by atoms with Crippen LogP contribution in [0.3, 0.4) is 0 Å². The Morgan fingerprint density at radius 3 is 2.75 bits per heavy atom. The number of fused-ring (bicyclic) bond motifs is 1. The molecule has 0 saturated carbocycles. The van der Waals surface area contributed by atoms with Gasteiger partial charge in [0.05, 0.1) is 22.5 Å². The molecule has 0 atom stereocenters. The van der Waals surface area contributed by atoms with E-state index in [1.807, 2.05) is 53.9 Å². The predicted octanol–water partition coefficient (Wildman–Crippen LogP) is 5.43. The highest BCUT2D eigenvalue weighted by atomic mass is 35.5. The second-order valence-corrected chi connectivity index (χ2v) is 8.11. The highest BCUT2D eigenvalue weighted by molar-refractivity contribution is 7.12. The number of hydrogen-bond donors (Lipinski definition) is 1. The molecule has 0 spiro atoms. The maximum atomic E-state index is 12.2. The van der Waals surface area contributed by atoms with Gasteiger partial charge in [0.25, 0.3) is 5.91 Å². The van der Waals surface area contributed by atoms with Crippen LogP contribution >= 0.6 is 34.5 Å². The van der Waals surface area contributed by atoms with Crippen molar-refractivity contribution < 1.29 is 4.79 Å². The molecule has 142 valence electrons. The maximum absolute atomic E-state index is 12.2. The van der Waals surface area contributed by atoms with Crippen molar-refractivity contribution in [3.05, 3.63) is 86.3 Å². The number of nitrogens with zero attached hydrogens (tertiary/aromatic N) is 2. The highest BCUT2D eigenvalue weighted by Gasteiger charge is 2.13. The normalized spacial score (nSPS) is 11.1. The zero-order valence-electron chi connectivity index (χ0n) is 14.9. The SMILES string of the molecule is O=C(NCCc1nc2ccccc2n1Cc1ccc(Cl)cc1Cl)c1cccs1. The number of thiophene rings is 1. The van der Waals surface area contributed by atoms with Crippen molar-refractivity contribution >= 4 is 51.5 Å². The molecule has 28 heavy (non-hydrogen) atoms. The van der Waals surface area contributed by atoms with E-state index in [-0.39, 0.29) is 5.91 Å². The van der Waals surface area contributed by atoms with Crippen molar-refractivity contribution in [2.24, 2.45) is 0 Å². The Hall–Kier alpha value is -2.34. The fraction of sp³-hybridized carbons (Fsp3) is 0.143. The summed E-state index contributed by atoms with van der Waals surface area (Å²) in [5.74, 6) is 0.845. The van der Waals surface area contributed by atoms with Crippen LogP contribution in [0.2, 0.25) is 10.0 Å². The standard InChI is InChI=1S/C21H17Cl2N3OS/c22-15-8-7-14(16(23)12-15)13-26-18-5-2-1-4-17(18)25-20(26)9-10-24-21(27)19-6-3-11-28-19/h1-8,11-12H,9-10,13H2,(H,24,27). The van der Waals surface area contributed by atoms with Gasteiger partial charge in [-0.05, 0) is 41.3 Å². The first-order chi connectivity index (χ1) is 13.6. The predicted molar refractivity (Wildman–Crippen MR) is 116 cm³/mol. The first-order valence-electron chi connectivity index (χ1n) is 8.81. The van der Waals surface area contributed by atoms with E-state index in [2.05, 4.69) is 9.88 Å². The summed E-state index contributed by atoms with van der Waals surface area (Å²) in [5, 5.41) is 6.09. The van der Waals surface area contributed by atoms with E-state index in [4.69, 9.17) is 28.2 Å². The van der Waals surface area contributed by atoms with Gasteiger partial charge in [0.1, 0.15) is 5.82 Å². The van der Waals surface area contributed by atoms with Crippen molar-refractivity contribution in [2.45, 2.75) is 13.0 Å². The van der Waals surface area contributed by atoms with Crippen molar-refractivity contribution in [1.29, 1.82) is 0 Å². The molecule has 0 fully saturated rings. The van der Waals surface area contributed by atoms with Crippen molar-refractivity contribution in [2.75, 3.05) is 6.54 Å². The Labute approximate surface area is 176 Å². The maximum Gasteiger partial charge on any atom is 0.261 e. The van der Waals surface area contributed by atoms with E-state index in [0.29, 0.717) is 34.4 Å². The third-order valence-electron chi connectivity index (χ3n) is 4.46. The molecule has 4 rings (SSSR count). The minimum Gasteiger partial charge on any atom is -0.351 e. The molecule has 0 aliphatic carbocycles.